The van der Waals surface area contributed by atoms with Crippen LogP contribution >= 0.6 is 15.9 Å². The Bertz CT molecular complexity index is 647. The van der Waals surface area contributed by atoms with Crippen molar-refractivity contribution in [3.63, 3.8) is 0 Å². The first-order valence-electron chi connectivity index (χ1n) is 6.44. The lowest BCUT2D eigenvalue weighted by atomic mass is 10.00. The zero-order valence-electron chi connectivity index (χ0n) is 11.9. The molecule has 2 rings (SSSR count). The van der Waals surface area contributed by atoms with Gasteiger partial charge in [0.2, 0.25) is 0 Å². The van der Waals surface area contributed by atoms with E-state index in [1.807, 2.05) is 50.2 Å². The Hall–Kier alpha value is -1.61. The van der Waals surface area contributed by atoms with Crippen LogP contribution < -0.4 is 4.74 Å². The highest BCUT2D eigenvalue weighted by atomic mass is 79.9. The Morgan fingerprint density at radius 3 is 2.55 bits per heavy atom. The fourth-order valence-corrected chi connectivity index (χ4v) is 2.47. The minimum Gasteiger partial charge on any atom is -0.496 e. The van der Waals surface area contributed by atoms with Gasteiger partial charge in [-0.3, -0.25) is 4.79 Å². The minimum absolute atomic E-state index is 0.0922. The molecule has 0 atom stereocenters. The summed E-state index contributed by atoms with van der Waals surface area (Å²) in [5.41, 5.74) is 3.88. The number of hydrogen-bond donors (Lipinski definition) is 0. The molecule has 0 saturated heterocycles. The van der Waals surface area contributed by atoms with Crippen LogP contribution in [-0.2, 0) is 6.42 Å². The topological polar surface area (TPSA) is 26.3 Å². The highest BCUT2D eigenvalue weighted by Gasteiger charge is 2.12. The lowest BCUT2D eigenvalue weighted by Gasteiger charge is -2.09. The summed E-state index contributed by atoms with van der Waals surface area (Å²) in [6, 6.07) is 11.6. The van der Waals surface area contributed by atoms with Gasteiger partial charge in [0.25, 0.3) is 0 Å². The van der Waals surface area contributed by atoms with E-state index in [-0.39, 0.29) is 5.78 Å². The van der Waals surface area contributed by atoms with Crippen LogP contribution in [-0.4, -0.2) is 12.9 Å². The van der Waals surface area contributed by atoms with Gasteiger partial charge in [0.1, 0.15) is 5.75 Å². The standard InChI is InChI=1S/C17H17BrO2/c1-11-4-7-17(20-3)14(8-11)10-16(19)13-6-5-12(2)15(18)9-13/h4-9H,10H2,1-3H3. The third-order valence-electron chi connectivity index (χ3n) is 3.28. The number of ether oxygens (including phenoxy) is 1. The van der Waals surface area contributed by atoms with E-state index < -0.39 is 0 Å². The molecule has 0 amide bonds. The minimum atomic E-state index is 0.0922. The van der Waals surface area contributed by atoms with Gasteiger partial charge in [0, 0.05) is 22.0 Å². The van der Waals surface area contributed by atoms with Crippen molar-refractivity contribution in [1.82, 2.24) is 0 Å². The average molecular weight is 333 g/mol. The van der Waals surface area contributed by atoms with Gasteiger partial charge in [-0.05, 0) is 31.5 Å². The number of hydrogen-bond acceptors (Lipinski definition) is 2. The van der Waals surface area contributed by atoms with Crippen molar-refractivity contribution in [2.45, 2.75) is 20.3 Å². The number of benzene rings is 2. The van der Waals surface area contributed by atoms with Crippen LogP contribution in [0.1, 0.15) is 27.0 Å². The summed E-state index contributed by atoms with van der Waals surface area (Å²) in [4.78, 5) is 12.4. The Morgan fingerprint density at radius 1 is 1.15 bits per heavy atom. The van der Waals surface area contributed by atoms with E-state index in [2.05, 4.69) is 15.9 Å². The summed E-state index contributed by atoms with van der Waals surface area (Å²) in [5.74, 6) is 0.852. The highest BCUT2D eigenvalue weighted by molar-refractivity contribution is 9.10. The van der Waals surface area contributed by atoms with Crippen LogP contribution in [0.5, 0.6) is 5.75 Å². The summed E-state index contributed by atoms with van der Waals surface area (Å²) < 4.78 is 6.28. The first-order chi connectivity index (χ1) is 9.51. The van der Waals surface area contributed by atoms with Gasteiger partial charge in [-0.1, -0.05) is 45.8 Å². The molecule has 0 spiro atoms. The summed E-state index contributed by atoms with van der Waals surface area (Å²) >= 11 is 3.46. The quantitative estimate of drug-likeness (QED) is 0.770. The molecule has 0 unspecified atom stereocenters. The van der Waals surface area contributed by atoms with Gasteiger partial charge in [0.05, 0.1) is 7.11 Å². The number of ketones is 1. The van der Waals surface area contributed by atoms with E-state index in [4.69, 9.17) is 4.74 Å². The van der Waals surface area contributed by atoms with Crippen molar-refractivity contribution < 1.29 is 9.53 Å². The van der Waals surface area contributed by atoms with Crippen LogP contribution in [0.3, 0.4) is 0 Å². The van der Waals surface area contributed by atoms with Gasteiger partial charge in [-0.15, -0.1) is 0 Å². The van der Waals surface area contributed by atoms with Crippen molar-refractivity contribution in [3.8, 4) is 5.75 Å². The van der Waals surface area contributed by atoms with Gasteiger partial charge >= 0.3 is 0 Å². The fraction of sp³-hybridized carbons (Fsp3) is 0.235. The van der Waals surface area contributed by atoms with Crippen molar-refractivity contribution in [2.24, 2.45) is 0 Å². The molecular weight excluding hydrogens is 316 g/mol. The smallest absolute Gasteiger partial charge is 0.167 e. The van der Waals surface area contributed by atoms with Crippen molar-refractivity contribution in [1.29, 1.82) is 0 Å². The molecule has 0 bridgehead atoms. The molecule has 0 aromatic heterocycles. The maximum Gasteiger partial charge on any atom is 0.167 e. The van der Waals surface area contributed by atoms with Crippen molar-refractivity contribution in [3.05, 3.63) is 63.1 Å². The van der Waals surface area contributed by atoms with Gasteiger partial charge < -0.3 is 4.74 Å². The maximum absolute atomic E-state index is 12.4. The fourth-order valence-electron chi connectivity index (χ4n) is 2.09. The van der Waals surface area contributed by atoms with Crippen LogP contribution in [0, 0.1) is 13.8 Å². The Labute approximate surface area is 127 Å². The summed E-state index contributed by atoms with van der Waals surface area (Å²) in [6.45, 7) is 4.01. The van der Waals surface area contributed by atoms with Crippen LogP contribution in [0.25, 0.3) is 0 Å². The third-order valence-corrected chi connectivity index (χ3v) is 4.14. The van der Waals surface area contributed by atoms with E-state index in [9.17, 15) is 4.79 Å². The molecule has 2 aromatic rings. The predicted molar refractivity (Wildman–Crippen MR) is 84.6 cm³/mol. The van der Waals surface area contributed by atoms with Crippen LogP contribution in [0.15, 0.2) is 40.9 Å². The SMILES string of the molecule is COc1ccc(C)cc1CC(=O)c1ccc(C)c(Br)c1. The molecule has 0 aliphatic carbocycles. The number of rotatable bonds is 4. The number of Topliss-reactive ketones (excluding diaryl/α,β-unsaturated/α-hetero) is 1. The van der Waals surface area contributed by atoms with E-state index in [1.165, 1.54) is 0 Å². The van der Waals surface area contributed by atoms with Gasteiger partial charge in [-0.2, -0.15) is 0 Å². The number of methoxy groups -OCH3 is 1. The van der Waals surface area contributed by atoms with Crippen LogP contribution in [0.4, 0.5) is 0 Å². The largest absolute Gasteiger partial charge is 0.496 e. The molecular formula is C17H17BrO2. The molecule has 0 fully saturated rings. The van der Waals surface area contributed by atoms with Crippen molar-refractivity contribution >= 4 is 21.7 Å². The average Bonchev–Trinajstić information content (AvgIpc) is 2.42. The second-order valence-electron chi connectivity index (χ2n) is 4.88. The summed E-state index contributed by atoms with van der Waals surface area (Å²) in [5, 5.41) is 0. The van der Waals surface area contributed by atoms with Gasteiger partial charge in [0.15, 0.2) is 5.78 Å². The third kappa shape index (κ3) is 3.28. The molecule has 0 saturated carbocycles. The first-order valence-corrected chi connectivity index (χ1v) is 7.23. The van der Waals surface area contributed by atoms with E-state index in [0.717, 1.165) is 26.9 Å². The van der Waals surface area contributed by atoms with E-state index in [1.54, 1.807) is 7.11 Å². The zero-order chi connectivity index (χ0) is 14.7. The zero-order valence-corrected chi connectivity index (χ0v) is 13.5. The van der Waals surface area contributed by atoms with E-state index in [0.29, 0.717) is 12.0 Å². The lowest BCUT2D eigenvalue weighted by molar-refractivity contribution is 0.0992. The molecule has 2 aromatic carbocycles. The van der Waals surface area contributed by atoms with Crippen LogP contribution in [0.2, 0.25) is 0 Å². The number of carbonyl (C=O) groups excluding carboxylic acids is 1. The number of carbonyl (C=O) groups is 1. The number of aryl methyl sites for hydroxylation is 2. The Balaban J connectivity index is 2.27. The molecule has 0 heterocycles. The predicted octanol–water partition coefficient (Wildman–Crippen LogP) is 4.50. The molecule has 3 heteroatoms. The van der Waals surface area contributed by atoms with Gasteiger partial charge in [-0.25, -0.2) is 0 Å². The highest BCUT2D eigenvalue weighted by Crippen LogP contribution is 2.23. The first kappa shape index (κ1) is 14.8. The second-order valence-corrected chi connectivity index (χ2v) is 5.73. The monoisotopic (exact) mass is 332 g/mol. The normalized spacial score (nSPS) is 10.4. The summed E-state index contributed by atoms with van der Waals surface area (Å²) in [6.07, 6.45) is 0.348. The molecule has 0 aliphatic heterocycles. The molecule has 20 heavy (non-hydrogen) atoms. The maximum atomic E-state index is 12.4. The Morgan fingerprint density at radius 2 is 1.90 bits per heavy atom. The second kappa shape index (κ2) is 6.23. The molecule has 0 N–H and O–H groups in total. The molecule has 2 nitrogen and oxygen atoms in total. The molecule has 0 aliphatic rings. The van der Waals surface area contributed by atoms with Crippen molar-refractivity contribution in [2.75, 3.05) is 7.11 Å². The molecule has 0 radical (unpaired) electrons. The molecule has 104 valence electrons. The summed E-state index contributed by atoms with van der Waals surface area (Å²) in [7, 11) is 1.63. The lowest BCUT2D eigenvalue weighted by Crippen LogP contribution is -2.05. The Kier molecular flexibility index (Phi) is 4.61. The number of halogens is 1. The van der Waals surface area contributed by atoms with E-state index >= 15 is 0 Å².